The summed E-state index contributed by atoms with van der Waals surface area (Å²) in [5.41, 5.74) is 13.2. The van der Waals surface area contributed by atoms with E-state index in [1.54, 1.807) is 0 Å². The summed E-state index contributed by atoms with van der Waals surface area (Å²) in [4.78, 5) is 5.31. The highest BCUT2D eigenvalue weighted by Crippen LogP contribution is 2.41. The van der Waals surface area contributed by atoms with Crippen LogP contribution in [0.2, 0.25) is 0 Å². The van der Waals surface area contributed by atoms with Crippen LogP contribution in [0.5, 0.6) is 0 Å². The second-order valence-corrected chi connectivity index (χ2v) is 13.2. The molecule has 1 aliphatic carbocycles. The topological polar surface area (TPSA) is 22.8 Å². The Morgan fingerprint density at radius 2 is 1.10 bits per heavy atom. The molecule has 3 heteroatoms. The van der Waals surface area contributed by atoms with E-state index in [9.17, 15) is 0 Å². The molecule has 0 bridgehead atoms. The van der Waals surface area contributed by atoms with Crippen LogP contribution in [-0.2, 0) is 6.42 Å². The van der Waals surface area contributed by atoms with Gasteiger partial charge in [-0.2, -0.15) is 0 Å². The Kier molecular flexibility index (Phi) is 6.63. The summed E-state index contributed by atoms with van der Waals surface area (Å²) in [7, 11) is 0. The summed E-state index contributed by atoms with van der Waals surface area (Å²) in [6, 6.07) is 60.9. The van der Waals surface area contributed by atoms with Crippen LogP contribution in [-0.4, -0.2) is 14.1 Å². The van der Waals surface area contributed by atoms with Gasteiger partial charge in [0.1, 0.15) is 5.82 Å². The van der Waals surface area contributed by atoms with Crippen molar-refractivity contribution in [3.63, 3.8) is 0 Å². The maximum atomic E-state index is 5.31. The van der Waals surface area contributed by atoms with Crippen molar-refractivity contribution in [3.05, 3.63) is 193 Å². The third-order valence-electron chi connectivity index (χ3n) is 10.3. The number of hydrogen-bond donors (Lipinski definition) is 0. The van der Waals surface area contributed by atoms with Crippen LogP contribution >= 0.6 is 0 Å². The van der Waals surface area contributed by atoms with E-state index in [4.69, 9.17) is 4.98 Å². The lowest BCUT2D eigenvalue weighted by Gasteiger charge is -2.20. The number of benzene rings is 6. The molecule has 0 saturated heterocycles. The minimum absolute atomic E-state index is 0.272. The molecule has 3 heterocycles. The van der Waals surface area contributed by atoms with E-state index in [-0.39, 0.29) is 5.92 Å². The molecule has 3 aromatic heterocycles. The van der Waals surface area contributed by atoms with Crippen molar-refractivity contribution in [1.82, 2.24) is 14.1 Å². The number of rotatable bonds is 5. The summed E-state index contributed by atoms with van der Waals surface area (Å²) >= 11 is 0. The highest BCUT2D eigenvalue weighted by atomic mass is 15.1. The fourth-order valence-corrected chi connectivity index (χ4v) is 7.95. The first-order valence-electron chi connectivity index (χ1n) is 17.3. The Morgan fingerprint density at radius 3 is 1.86 bits per heavy atom. The maximum absolute atomic E-state index is 5.31. The van der Waals surface area contributed by atoms with E-state index in [0.717, 1.165) is 40.1 Å². The molecule has 3 nitrogen and oxygen atoms in total. The number of pyridine rings is 1. The first-order valence-corrected chi connectivity index (χ1v) is 17.3. The molecule has 0 fully saturated rings. The zero-order valence-electron chi connectivity index (χ0n) is 27.4. The van der Waals surface area contributed by atoms with Gasteiger partial charge in [0, 0.05) is 39.0 Å². The van der Waals surface area contributed by atoms with Gasteiger partial charge in [-0.3, -0.25) is 4.57 Å². The molecule has 1 aliphatic rings. The summed E-state index contributed by atoms with van der Waals surface area (Å²) in [6.07, 6.45) is 5.70. The Hall–Kier alpha value is -6.45. The summed E-state index contributed by atoms with van der Waals surface area (Å²) in [6.45, 7) is 0. The van der Waals surface area contributed by atoms with Crippen LogP contribution in [0.4, 0.5) is 0 Å². The van der Waals surface area contributed by atoms with Crippen molar-refractivity contribution in [2.45, 2.75) is 12.3 Å². The summed E-state index contributed by atoms with van der Waals surface area (Å²) < 4.78 is 4.75. The van der Waals surface area contributed by atoms with E-state index in [1.807, 2.05) is 0 Å². The van der Waals surface area contributed by atoms with Crippen molar-refractivity contribution in [2.75, 3.05) is 0 Å². The molecule has 0 N–H and O–H groups in total. The Labute approximate surface area is 291 Å². The standard InChI is InChI=1S/C47H33N3/c1-4-14-32(15-5-1)36-30-42(33-16-6-2-7-17-33)48-47(31-36)50-44-23-13-11-21-39(44)41-29-35(25-27-46(41)50)34-24-26-45-40(28-34)38-20-10-12-22-43(38)49(45)37-18-8-3-9-19-37/h1-27,29-31,34H,28H2. The Balaban J connectivity index is 1.12. The number of allylic oxidation sites excluding steroid dienone is 1. The van der Waals surface area contributed by atoms with E-state index in [1.165, 1.54) is 49.7 Å². The minimum atomic E-state index is 0.272. The second kappa shape index (κ2) is 11.6. The average molecular weight is 640 g/mol. The van der Waals surface area contributed by atoms with Gasteiger partial charge in [0.25, 0.3) is 0 Å². The van der Waals surface area contributed by atoms with Crippen LogP contribution in [0.1, 0.15) is 22.7 Å². The van der Waals surface area contributed by atoms with Crippen molar-refractivity contribution >= 4 is 38.8 Å². The zero-order chi connectivity index (χ0) is 33.0. The lowest BCUT2D eigenvalue weighted by molar-refractivity contribution is 0.826. The molecular weight excluding hydrogens is 607 g/mol. The van der Waals surface area contributed by atoms with Gasteiger partial charge >= 0.3 is 0 Å². The minimum Gasteiger partial charge on any atom is -0.310 e. The monoisotopic (exact) mass is 639 g/mol. The third kappa shape index (κ3) is 4.62. The maximum Gasteiger partial charge on any atom is 0.138 e. The molecule has 50 heavy (non-hydrogen) atoms. The number of aromatic nitrogens is 3. The average Bonchev–Trinajstić information content (AvgIpc) is 3.71. The van der Waals surface area contributed by atoms with Crippen molar-refractivity contribution in [2.24, 2.45) is 0 Å². The predicted molar refractivity (Wildman–Crippen MR) is 208 cm³/mol. The molecule has 1 unspecified atom stereocenters. The molecule has 0 amide bonds. The van der Waals surface area contributed by atoms with Crippen LogP contribution in [0.3, 0.4) is 0 Å². The number of fused-ring (bicyclic) bond motifs is 6. The lowest BCUT2D eigenvalue weighted by Crippen LogP contribution is -2.07. The highest BCUT2D eigenvalue weighted by molar-refractivity contribution is 6.09. The molecular formula is C47H33N3. The van der Waals surface area contributed by atoms with Gasteiger partial charge in [-0.25, -0.2) is 4.98 Å². The molecule has 0 aliphatic heterocycles. The Bertz CT molecular complexity index is 2660. The molecule has 10 rings (SSSR count). The Morgan fingerprint density at radius 1 is 0.480 bits per heavy atom. The normalized spacial score (nSPS) is 14.0. The molecule has 9 aromatic rings. The molecule has 0 radical (unpaired) electrons. The van der Waals surface area contributed by atoms with E-state index in [2.05, 4.69) is 191 Å². The molecule has 0 spiro atoms. The van der Waals surface area contributed by atoms with Gasteiger partial charge < -0.3 is 4.57 Å². The highest BCUT2D eigenvalue weighted by Gasteiger charge is 2.24. The van der Waals surface area contributed by atoms with Gasteiger partial charge in [0.15, 0.2) is 0 Å². The molecule has 236 valence electrons. The van der Waals surface area contributed by atoms with Crippen LogP contribution < -0.4 is 0 Å². The van der Waals surface area contributed by atoms with Crippen molar-refractivity contribution in [3.8, 4) is 33.9 Å². The number of para-hydroxylation sites is 3. The molecule has 1 atom stereocenters. The van der Waals surface area contributed by atoms with E-state index in [0.29, 0.717) is 0 Å². The van der Waals surface area contributed by atoms with Crippen molar-refractivity contribution < 1.29 is 0 Å². The van der Waals surface area contributed by atoms with Gasteiger partial charge in [-0.05, 0) is 83.3 Å². The van der Waals surface area contributed by atoms with Gasteiger partial charge in [-0.15, -0.1) is 0 Å². The van der Waals surface area contributed by atoms with Gasteiger partial charge in [-0.1, -0.05) is 127 Å². The summed E-state index contributed by atoms with van der Waals surface area (Å²) in [5.74, 6) is 1.19. The van der Waals surface area contributed by atoms with E-state index >= 15 is 0 Å². The van der Waals surface area contributed by atoms with Crippen LogP contribution in [0.25, 0.3) is 72.7 Å². The quantitative estimate of drug-likeness (QED) is 0.184. The lowest BCUT2D eigenvalue weighted by atomic mass is 9.86. The number of hydrogen-bond acceptors (Lipinski definition) is 1. The second-order valence-electron chi connectivity index (χ2n) is 13.2. The van der Waals surface area contributed by atoms with Crippen LogP contribution in [0, 0.1) is 0 Å². The first-order chi connectivity index (χ1) is 24.8. The largest absolute Gasteiger partial charge is 0.310 e. The molecule has 6 aromatic carbocycles. The van der Waals surface area contributed by atoms with E-state index < -0.39 is 0 Å². The van der Waals surface area contributed by atoms with Gasteiger partial charge in [0.2, 0.25) is 0 Å². The van der Waals surface area contributed by atoms with Gasteiger partial charge in [0.05, 0.1) is 22.2 Å². The number of nitrogens with zero attached hydrogens (tertiary/aromatic N) is 3. The SMILES string of the molecule is C1=CC(c2ccc3c(c2)c2ccccc2n3-c2cc(-c3ccccc3)cc(-c3ccccc3)n2)Cc2c1n(-c1ccccc1)c1ccccc21. The fourth-order valence-electron chi connectivity index (χ4n) is 7.95. The fraction of sp³-hybridized carbons (Fsp3) is 0.0426. The molecule has 0 saturated carbocycles. The third-order valence-corrected chi connectivity index (χ3v) is 10.3. The summed E-state index contributed by atoms with van der Waals surface area (Å²) in [5, 5.41) is 3.81. The van der Waals surface area contributed by atoms with Crippen molar-refractivity contribution in [1.29, 1.82) is 0 Å². The predicted octanol–water partition coefficient (Wildman–Crippen LogP) is 11.8. The smallest absolute Gasteiger partial charge is 0.138 e. The first kappa shape index (κ1) is 28.6. The zero-order valence-corrected chi connectivity index (χ0v) is 27.4. The van der Waals surface area contributed by atoms with Crippen LogP contribution in [0.15, 0.2) is 176 Å².